The maximum absolute atomic E-state index is 12.9. The Labute approximate surface area is 200 Å². The SMILES string of the molecule is O=C(Cc1csc(-c2ccccc2Cl)n1)Nc1ccc(C(=O)N2CCc3ccccc32)cc1. The van der Waals surface area contributed by atoms with E-state index in [0.29, 0.717) is 28.5 Å². The number of para-hydroxylation sites is 1. The fourth-order valence-corrected chi connectivity index (χ4v) is 5.06. The molecule has 164 valence electrons. The van der Waals surface area contributed by atoms with Gasteiger partial charge in [-0.1, -0.05) is 48.0 Å². The van der Waals surface area contributed by atoms with Crippen LogP contribution in [0.4, 0.5) is 11.4 Å². The molecule has 1 N–H and O–H groups in total. The van der Waals surface area contributed by atoms with Crippen LogP contribution < -0.4 is 10.2 Å². The third-order valence-corrected chi connectivity index (χ3v) is 6.80. The van der Waals surface area contributed by atoms with Crippen LogP contribution in [0.15, 0.2) is 78.2 Å². The second kappa shape index (κ2) is 9.17. The molecule has 3 aromatic carbocycles. The molecule has 4 aromatic rings. The van der Waals surface area contributed by atoms with Crippen molar-refractivity contribution in [1.29, 1.82) is 0 Å². The van der Waals surface area contributed by atoms with E-state index in [4.69, 9.17) is 11.6 Å². The van der Waals surface area contributed by atoms with E-state index in [-0.39, 0.29) is 18.2 Å². The molecule has 0 radical (unpaired) electrons. The van der Waals surface area contributed by atoms with Gasteiger partial charge in [0, 0.05) is 34.4 Å². The summed E-state index contributed by atoms with van der Waals surface area (Å²) in [7, 11) is 0. The van der Waals surface area contributed by atoms with Crippen LogP contribution in [0.5, 0.6) is 0 Å². The number of thiazole rings is 1. The highest BCUT2D eigenvalue weighted by Crippen LogP contribution is 2.31. The lowest BCUT2D eigenvalue weighted by molar-refractivity contribution is -0.115. The summed E-state index contributed by atoms with van der Waals surface area (Å²) in [6.45, 7) is 0.681. The van der Waals surface area contributed by atoms with Gasteiger partial charge in [-0.2, -0.15) is 0 Å². The van der Waals surface area contributed by atoms with Crippen LogP contribution in [-0.4, -0.2) is 23.3 Å². The minimum atomic E-state index is -0.168. The third kappa shape index (κ3) is 4.53. The lowest BCUT2D eigenvalue weighted by Gasteiger charge is -2.17. The number of anilines is 2. The zero-order valence-electron chi connectivity index (χ0n) is 17.6. The molecule has 1 aromatic heterocycles. The van der Waals surface area contributed by atoms with Gasteiger partial charge < -0.3 is 10.2 Å². The van der Waals surface area contributed by atoms with Gasteiger partial charge in [0.2, 0.25) is 5.91 Å². The van der Waals surface area contributed by atoms with Gasteiger partial charge in [-0.05, 0) is 48.4 Å². The first kappa shape index (κ1) is 21.4. The Morgan fingerprint density at radius 1 is 1.00 bits per heavy atom. The quantitative estimate of drug-likeness (QED) is 0.395. The monoisotopic (exact) mass is 473 g/mol. The molecule has 0 spiro atoms. The van der Waals surface area contributed by atoms with Crippen molar-refractivity contribution in [2.45, 2.75) is 12.8 Å². The summed E-state index contributed by atoms with van der Waals surface area (Å²) in [5, 5.41) is 6.17. The van der Waals surface area contributed by atoms with Crippen molar-refractivity contribution in [2.75, 3.05) is 16.8 Å². The van der Waals surface area contributed by atoms with Gasteiger partial charge in [-0.25, -0.2) is 4.98 Å². The van der Waals surface area contributed by atoms with Crippen molar-refractivity contribution in [1.82, 2.24) is 4.98 Å². The fraction of sp³-hybridized carbons (Fsp3) is 0.115. The average molecular weight is 474 g/mol. The smallest absolute Gasteiger partial charge is 0.258 e. The van der Waals surface area contributed by atoms with Crippen molar-refractivity contribution < 1.29 is 9.59 Å². The second-order valence-corrected chi connectivity index (χ2v) is 9.03. The molecular formula is C26H20ClN3O2S. The molecule has 5 nitrogen and oxygen atoms in total. The number of nitrogens with zero attached hydrogens (tertiary/aromatic N) is 2. The van der Waals surface area contributed by atoms with E-state index in [1.165, 1.54) is 16.9 Å². The Hall–Kier alpha value is -3.48. The first-order valence-electron chi connectivity index (χ1n) is 10.6. The summed E-state index contributed by atoms with van der Waals surface area (Å²) < 4.78 is 0. The minimum absolute atomic E-state index is 0.0348. The maximum Gasteiger partial charge on any atom is 0.258 e. The highest BCUT2D eigenvalue weighted by Gasteiger charge is 2.25. The molecular weight excluding hydrogens is 454 g/mol. The van der Waals surface area contributed by atoms with E-state index >= 15 is 0 Å². The zero-order valence-corrected chi connectivity index (χ0v) is 19.2. The summed E-state index contributed by atoms with van der Waals surface area (Å²) in [5.74, 6) is -0.203. The van der Waals surface area contributed by atoms with Crippen molar-refractivity contribution in [3.63, 3.8) is 0 Å². The van der Waals surface area contributed by atoms with Crippen LogP contribution >= 0.6 is 22.9 Å². The number of amides is 2. The molecule has 2 heterocycles. The molecule has 0 unspecified atom stereocenters. The Balaban J connectivity index is 1.22. The van der Waals surface area contributed by atoms with Gasteiger partial charge in [-0.3, -0.25) is 9.59 Å². The zero-order chi connectivity index (χ0) is 22.8. The predicted molar refractivity (Wildman–Crippen MR) is 133 cm³/mol. The van der Waals surface area contributed by atoms with Crippen molar-refractivity contribution in [3.05, 3.63) is 100 Å². The van der Waals surface area contributed by atoms with Crippen LogP contribution in [0, 0.1) is 0 Å². The normalized spacial score (nSPS) is 12.5. The van der Waals surface area contributed by atoms with Gasteiger partial charge in [0.25, 0.3) is 5.91 Å². The summed E-state index contributed by atoms with van der Waals surface area (Å²) in [6.07, 6.45) is 1.02. The van der Waals surface area contributed by atoms with Gasteiger partial charge in [-0.15, -0.1) is 11.3 Å². The van der Waals surface area contributed by atoms with Crippen molar-refractivity contribution in [2.24, 2.45) is 0 Å². The average Bonchev–Trinajstić information content (AvgIpc) is 3.46. The number of hydrogen-bond donors (Lipinski definition) is 1. The summed E-state index contributed by atoms with van der Waals surface area (Å²) in [4.78, 5) is 31.8. The van der Waals surface area contributed by atoms with Gasteiger partial charge >= 0.3 is 0 Å². The van der Waals surface area contributed by atoms with Crippen LogP contribution in [0.25, 0.3) is 10.6 Å². The number of benzene rings is 3. The largest absolute Gasteiger partial charge is 0.326 e. The molecule has 1 aliphatic rings. The number of nitrogens with one attached hydrogen (secondary N) is 1. The minimum Gasteiger partial charge on any atom is -0.326 e. The van der Waals surface area contributed by atoms with Crippen LogP contribution in [0.3, 0.4) is 0 Å². The lowest BCUT2D eigenvalue weighted by Crippen LogP contribution is -2.28. The molecule has 0 atom stereocenters. The Kier molecular flexibility index (Phi) is 5.94. The standard InChI is InChI=1S/C26H20ClN3O2S/c27-22-7-3-2-6-21(22)25-29-20(16-33-25)15-24(31)28-19-11-9-18(10-12-19)26(32)30-14-13-17-5-1-4-8-23(17)30/h1-12,16H,13-15H2,(H,28,31). The molecule has 1 aliphatic heterocycles. The second-order valence-electron chi connectivity index (χ2n) is 7.76. The number of halogens is 1. The maximum atomic E-state index is 12.9. The van der Waals surface area contributed by atoms with E-state index in [0.717, 1.165) is 22.7 Å². The van der Waals surface area contributed by atoms with Crippen LogP contribution in [0.2, 0.25) is 5.02 Å². The first-order chi connectivity index (χ1) is 16.1. The number of aromatic nitrogens is 1. The fourth-order valence-electron chi connectivity index (χ4n) is 3.92. The van der Waals surface area contributed by atoms with Crippen molar-refractivity contribution in [3.8, 4) is 10.6 Å². The Bertz CT molecular complexity index is 1330. The number of rotatable bonds is 5. The summed E-state index contributed by atoms with van der Waals surface area (Å²) in [6, 6.07) is 22.5. The number of carbonyl (C=O) groups excluding carboxylic acids is 2. The van der Waals surface area contributed by atoms with E-state index < -0.39 is 0 Å². The van der Waals surface area contributed by atoms with Gasteiger partial charge in [0.15, 0.2) is 0 Å². The highest BCUT2D eigenvalue weighted by molar-refractivity contribution is 7.13. The number of carbonyl (C=O) groups is 2. The Morgan fingerprint density at radius 2 is 1.76 bits per heavy atom. The van der Waals surface area contributed by atoms with Crippen LogP contribution in [-0.2, 0) is 17.6 Å². The molecule has 33 heavy (non-hydrogen) atoms. The number of hydrogen-bond acceptors (Lipinski definition) is 4. The van der Waals surface area contributed by atoms with Gasteiger partial charge in [0.1, 0.15) is 5.01 Å². The molecule has 0 aliphatic carbocycles. The lowest BCUT2D eigenvalue weighted by atomic mass is 10.1. The topological polar surface area (TPSA) is 62.3 Å². The summed E-state index contributed by atoms with van der Waals surface area (Å²) in [5.41, 5.74) is 4.94. The van der Waals surface area contributed by atoms with E-state index in [9.17, 15) is 9.59 Å². The first-order valence-corrected chi connectivity index (χ1v) is 11.8. The Morgan fingerprint density at radius 3 is 2.58 bits per heavy atom. The highest BCUT2D eigenvalue weighted by atomic mass is 35.5. The summed E-state index contributed by atoms with van der Waals surface area (Å²) >= 11 is 7.70. The number of fused-ring (bicyclic) bond motifs is 1. The van der Waals surface area contributed by atoms with Gasteiger partial charge in [0.05, 0.1) is 17.1 Å². The van der Waals surface area contributed by atoms with E-state index in [1.807, 2.05) is 52.7 Å². The predicted octanol–water partition coefficient (Wildman–Crippen LogP) is 5.85. The van der Waals surface area contributed by atoms with E-state index in [1.54, 1.807) is 24.3 Å². The molecule has 0 saturated heterocycles. The van der Waals surface area contributed by atoms with E-state index in [2.05, 4.69) is 16.4 Å². The molecule has 0 saturated carbocycles. The molecule has 0 bridgehead atoms. The molecule has 2 amide bonds. The third-order valence-electron chi connectivity index (χ3n) is 5.55. The molecule has 5 rings (SSSR count). The molecule has 7 heteroatoms. The molecule has 0 fully saturated rings. The van der Waals surface area contributed by atoms with Crippen molar-refractivity contribution >= 4 is 46.1 Å². The van der Waals surface area contributed by atoms with Crippen LogP contribution in [0.1, 0.15) is 21.6 Å².